The first kappa shape index (κ1) is 10.8. The molecule has 16 heavy (non-hydrogen) atoms. The van der Waals surface area contributed by atoms with Crippen LogP contribution in [0.3, 0.4) is 0 Å². The number of aliphatic hydroxyl groups excluding tert-OH is 1. The van der Waals surface area contributed by atoms with Gasteiger partial charge in [0, 0.05) is 17.8 Å². The van der Waals surface area contributed by atoms with E-state index < -0.39 is 0 Å². The Bertz CT molecular complexity index is 421. The fourth-order valence-corrected chi connectivity index (χ4v) is 1.55. The summed E-state index contributed by atoms with van der Waals surface area (Å²) in [4.78, 5) is 15.5. The molecule has 0 atom stereocenters. The van der Waals surface area contributed by atoms with Gasteiger partial charge in [-0.3, -0.25) is 9.78 Å². The standard InChI is InChI=1S/C12H14N2O2/c15-8-10-4-5-13-7-11(10)14-12(16)6-9-2-1-3-9/h4-7,15H,1-3,8H2,(H,14,16). The minimum absolute atomic E-state index is 0.102. The number of amides is 1. The number of carbonyl (C=O) groups is 1. The highest BCUT2D eigenvalue weighted by Gasteiger charge is 2.11. The molecule has 0 aromatic carbocycles. The van der Waals surface area contributed by atoms with Gasteiger partial charge in [-0.1, -0.05) is 5.57 Å². The zero-order valence-corrected chi connectivity index (χ0v) is 8.94. The summed E-state index contributed by atoms with van der Waals surface area (Å²) >= 11 is 0. The number of anilines is 1. The van der Waals surface area contributed by atoms with Crippen LogP contribution < -0.4 is 5.32 Å². The number of pyridine rings is 1. The molecular weight excluding hydrogens is 204 g/mol. The SMILES string of the molecule is O=C(C=C1CCC1)Nc1cnccc1CO. The first-order chi connectivity index (χ1) is 7.79. The van der Waals surface area contributed by atoms with Gasteiger partial charge in [-0.05, 0) is 25.3 Å². The second-order valence-corrected chi connectivity index (χ2v) is 3.84. The van der Waals surface area contributed by atoms with E-state index in [0.717, 1.165) is 12.8 Å². The minimum Gasteiger partial charge on any atom is -0.392 e. The van der Waals surface area contributed by atoms with E-state index in [4.69, 9.17) is 5.11 Å². The van der Waals surface area contributed by atoms with Crippen molar-refractivity contribution in [2.24, 2.45) is 0 Å². The van der Waals surface area contributed by atoms with Crippen molar-refractivity contribution < 1.29 is 9.90 Å². The molecule has 0 aliphatic heterocycles. The van der Waals surface area contributed by atoms with Crippen LogP contribution >= 0.6 is 0 Å². The van der Waals surface area contributed by atoms with E-state index in [0.29, 0.717) is 11.3 Å². The summed E-state index contributed by atoms with van der Waals surface area (Å²) in [6.45, 7) is -0.102. The van der Waals surface area contributed by atoms with Crippen molar-refractivity contribution >= 4 is 11.6 Å². The number of hydrogen-bond acceptors (Lipinski definition) is 3. The number of carbonyl (C=O) groups excluding carboxylic acids is 1. The van der Waals surface area contributed by atoms with Crippen LogP contribution in [0.15, 0.2) is 30.1 Å². The third-order valence-corrected chi connectivity index (χ3v) is 2.67. The topological polar surface area (TPSA) is 62.2 Å². The van der Waals surface area contributed by atoms with Crippen molar-refractivity contribution in [1.82, 2.24) is 4.98 Å². The summed E-state index contributed by atoms with van der Waals surface area (Å²) in [5.41, 5.74) is 2.44. The smallest absolute Gasteiger partial charge is 0.248 e. The quantitative estimate of drug-likeness (QED) is 0.758. The fourth-order valence-electron chi connectivity index (χ4n) is 1.55. The molecule has 4 nitrogen and oxygen atoms in total. The number of allylic oxidation sites excluding steroid dienone is 1. The van der Waals surface area contributed by atoms with Gasteiger partial charge < -0.3 is 10.4 Å². The highest BCUT2D eigenvalue weighted by Crippen LogP contribution is 2.25. The second-order valence-electron chi connectivity index (χ2n) is 3.84. The summed E-state index contributed by atoms with van der Waals surface area (Å²) in [6.07, 6.45) is 7.99. The lowest BCUT2D eigenvalue weighted by Crippen LogP contribution is -2.12. The van der Waals surface area contributed by atoms with Crippen molar-refractivity contribution in [2.75, 3.05) is 5.32 Å². The van der Waals surface area contributed by atoms with Crippen LogP contribution in [0, 0.1) is 0 Å². The molecule has 0 radical (unpaired) electrons. The molecule has 1 amide bonds. The predicted molar refractivity (Wildman–Crippen MR) is 60.7 cm³/mol. The van der Waals surface area contributed by atoms with Crippen LogP contribution in [0.4, 0.5) is 5.69 Å². The van der Waals surface area contributed by atoms with E-state index in [1.165, 1.54) is 12.0 Å². The molecular formula is C12H14N2O2. The lowest BCUT2D eigenvalue weighted by Gasteiger charge is -2.15. The van der Waals surface area contributed by atoms with Gasteiger partial charge in [0.25, 0.3) is 0 Å². The van der Waals surface area contributed by atoms with Crippen molar-refractivity contribution in [1.29, 1.82) is 0 Å². The lowest BCUT2D eigenvalue weighted by atomic mass is 9.92. The average Bonchev–Trinajstić information content (AvgIpc) is 2.24. The number of nitrogens with zero attached hydrogens (tertiary/aromatic N) is 1. The lowest BCUT2D eigenvalue weighted by molar-refractivity contribution is -0.112. The van der Waals surface area contributed by atoms with E-state index in [2.05, 4.69) is 10.3 Å². The molecule has 1 aliphatic carbocycles. The Morgan fingerprint density at radius 2 is 2.38 bits per heavy atom. The molecule has 1 heterocycles. The Kier molecular flexibility index (Phi) is 3.31. The maximum absolute atomic E-state index is 11.6. The zero-order chi connectivity index (χ0) is 11.4. The summed E-state index contributed by atoms with van der Waals surface area (Å²) in [7, 11) is 0. The molecule has 1 aromatic heterocycles. The maximum atomic E-state index is 11.6. The molecule has 0 saturated heterocycles. The van der Waals surface area contributed by atoms with E-state index in [1.54, 1.807) is 24.5 Å². The van der Waals surface area contributed by atoms with Crippen LogP contribution in [0.25, 0.3) is 0 Å². The van der Waals surface area contributed by atoms with Crippen LogP contribution in [0.2, 0.25) is 0 Å². The van der Waals surface area contributed by atoms with E-state index >= 15 is 0 Å². The van der Waals surface area contributed by atoms with Gasteiger partial charge >= 0.3 is 0 Å². The van der Waals surface area contributed by atoms with Crippen LogP contribution in [0.1, 0.15) is 24.8 Å². The molecule has 1 fully saturated rings. The molecule has 2 N–H and O–H groups in total. The average molecular weight is 218 g/mol. The Balaban J connectivity index is 2.05. The number of nitrogens with one attached hydrogen (secondary N) is 1. The number of aliphatic hydroxyl groups is 1. The summed E-state index contributed by atoms with van der Waals surface area (Å²) in [5.74, 6) is -0.141. The fraction of sp³-hybridized carbons (Fsp3) is 0.333. The van der Waals surface area contributed by atoms with Crippen molar-refractivity contribution in [3.05, 3.63) is 35.7 Å². The molecule has 84 valence electrons. The molecule has 4 heteroatoms. The van der Waals surface area contributed by atoms with Gasteiger partial charge in [-0.15, -0.1) is 0 Å². The van der Waals surface area contributed by atoms with Gasteiger partial charge in [-0.2, -0.15) is 0 Å². The Labute approximate surface area is 94.0 Å². The largest absolute Gasteiger partial charge is 0.392 e. The summed E-state index contributed by atoms with van der Waals surface area (Å²) < 4.78 is 0. The van der Waals surface area contributed by atoms with Gasteiger partial charge in [0.1, 0.15) is 0 Å². The minimum atomic E-state index is -0.141. The van der Waals surface area contributed by atoms with Crippen molar-refractivity contribution in [3.8, 4) is 0 Å². The molecule has 0 spiro atoms. The number of aromatic nitrogens is 1. The molecule has 1 aliphatic rings. The molecule has 2 rings (SSSR count). The first-order valence-electron chi connectivity index (χ1n) is 5.34. The van der Waals surface area contributed by atoms with Crippen LogP contribution in [-0.2, 0) is 11.4 Å². The molecule has 0 unspecified atom stereocenters. The number of hydrogen-bond donors (Lipinski definition) is 2. The highest BCUT2D eigenvalue weighted by molar-refractivity contribution is 6.00. The van der Waals surface area contributed by atoms with Gasteiger partial charge in [-0.25, -0.2) is 0 Å². The molecule has 0 bridgehead atoms. The van der Waals surface area contributed by atoms with E-state index in [1.807, 2.05) is 0 Å². The van der Waals surface area contributed by atoms with E-state index in [9.17, 15) is 4.79 Å². The van der Waals surface area contributed by atoms with Gasteiger partial charge in [0.2, 0.25) is 5.91 Å². The van der Waals surface area contributed by atoms with Crippen molar-refractivity contribution in [2.45, 2.75) is 25.9 Å². The van der Waals surface area contributed by atoms with Crippen molar-refractivity contribution in [3.63, 3.8) is 0 Å². The molecule has 1 saturated carbocycles. The monoisotopic (exact) mass is 218 g/mol. The summed E-state index contributed by atoms with van der Waals surface area (Å²) in [6, 6.07) is 1.69. The third-order valence-electron chi connectivity index (χ3n) is 2.67. The van der Waals surface area contributed by atoms with Crippen LogP contribution in [0.5, 0.6) is 0 Å². The number of rotatable bonds is 3. The van der Waals surface area contributed by atoms with E-state index in [-0.39, 0.29) is 12.5 Å². The Morgan fingerprint density at radius 1 is 1.56 bits per heavy atom. The van der Waals surface area contributed by atoms with Gasteiger partial charge in [0.15, 0.2) is 0 Å². The van der Waals surface area contributed by atoms with Gasteiger partial charge in [0.05, 0.1) is 18.5 Å². The predicted octanol–water partition coefficient (Wildman–Crippen LogP) is 1.62. The first-order valence-corrected chi connectivity index (χ1v) is 5.34. The second kappa shape index (κ2) is 4.90. The Morgan fingerprint density at radius 3 is 3.00 bits per heavy atom. The third kappa shape index (κ3) is 2.46. The molecule has 1 aromatic rings. The Hall–Kier alpha value is -1.68. The van der Waals surface area contributed by atoms with Crippen LogP contribution in [-0.4, -0.2) is 16.0 Å². The highest BCUT2D eigenvalue weighted by atomic mass is 16.3. The maximum Gasteiger partial charge on any atom is 0.248 e. The normalized spacial score (nSPS) is 14.2. The zero-order valence-electron chi connectivity index (χ0n) is 8.94. The summed E-state index contributed by atoms with van der Waals surface area (Å²) in [5, 5.41) is 11.8.